The fourth-order valence-electron chi connectivity index (χ4n) is 1.56. The van der Waals surface area contributed by atoms with Gasteiger partial charge in [-0.15, -0.1) is 0 Å². The van der Waals surface area contributed by atoms with E-state index < -0.39 is 23.2 Å². The van der Waals surface area contributed by atoms with Crippen LogP contribution in [0.3, 0.4) is 0 Å². The van der Waals surface area contributed by atoms with Crippen LogP contribution in [0.2, 0.25) is 0 Å². The van der Waals surface area contributed by atoms with Crippen LogP contribution in [0.5, 0.6) is 0 Å². The van der Waals surface area contributed by atoms with Crippen LogP contribution in [0.25, 0.3) is 0 Å². The second-order valence-electron chi connectivity index (χ2n) is 3.95. The predicted octanol–water partition coefficient (Wildman–Crippen LogP) is 3.64. The maximum absolute atomic E-state index is 13.0. The SMILES string of the molecule is Cc1ccc(C(=O)c2cc(F)c(F)c(F)c2)cc1. The summed E-state index contributed by atoms with van der Waals surface area (Å²) in [4.78, 5) is 11.9. The summed E-state index contributed by atoms with van der Waals surface area (Å²) in [5, 5.41) is 0. The first-order valence-corrected chi connectivity index (χ1v) is 5.25. The van der Waals surface area contributed by atoms with Gasteiger partial charge in [-0.05, 0) is 19.1 Å². The maximum atomic E-state index is 13.0. The van der Waals surface area contributed by atoms with Crippen LogP contribution in [-0.4, -0.2) is 5.78 Å². The van der Waals surface area contributed by atoms with Crippen molar-refractivity contribution in [2.75, 3.05) is 0 Å². The summed E-state index contributed by atoms with van der Waals surface area (Å²) < 4.78 is 38.8. The molecular formula is C14H9F3O. The zero-order chi connectivity index (χ0) is 13.3. The number of rotatable bonds is 2. The molecule has 0 aliphatic rings. The molecule has 0 atom stereocenters. The van der Waals surface area contributed by atoms with Crippen molar-refractivity contribution in [1.29, 1.82) is 0 Å². The van der Waals surface area contributed by atoms with Crippen molar-refractivity contribution < 1.29 is 18.0 Å². The van der Waals surface area contributed by atoms with E-state index in [1.807, 2.05) is 6.92 Å². The fraction of sp³-hybridized carbons (Fsp3) is 0.0714. The molecular weight excluding hydrogens is 241 g/mol. The molecule has 0 aliphatic heterocycles. The number of hydrogen-bond donors (Lipinski definition) is 0. The molecule has 0 aromatic heterocycles. The smallest absolute Gasteiger partial charge is 0.194 e. The van der Waals surface area contributed by atoms with Crippen LogP contribution in [-0.2, 0) is 0 Å². The summed E-state index contributed by atoms with van der Waals surface area (Å²) in [5.74, 6) is -4.86. The molecule has 2 aromatic carbocycles. The van der Waals surface area contributed by atoms with E-state index in [4.69, 9.17) is 0 Å². The van der Waals surface area contributed by atoms with Crippen LogP contribution < -0.4 is 0 Å². The molecule has 0 radical (unpaired) electrons. The minimum Gasteiger partial charge on any atom is -0.289 e. The van der Waals surface area contributed by atoms with Crippen molar-refractivity contribution >= 4 is 5.78 Å². The maximum Gasteiger partial charge on any atom is 0.194 e. The van der Waals surface area contributed by atoms with E-state index in [1.165, 1.54) is 0 Å². The molecule has 1 nitrogen and oxygen atoms in total. The number of carbonyl (C=O) groups is 1. The van der Waals surface area contributed by atoms with Crippen LogP contribution >= 0.6 is 0 Å². The second kappa shape index (κ2) is 4.64. The molecule has 92 valence electrons. The van der Waals surface area contributed by atoms with Crippen LogP contribution in [0.4, 0.5) is 13.2 Å². The Balaban J connectivity index is 2.43. The van der Waals surface area contributed by atoms with Gasteiger partial charge in [0.25, 0.3) is 0 Å². The highest BCUT2D eigenvalue weighted by Gasteiger charge is 2.16. The lowest BCUT2D eigenvalue weighted by Crippen LogP contribution is -2.04. The molecule has 0 fully saturated rings. The van der Waals surface area contributed by atoms with E-state index in [2.05, 4.69) is 0 Å². The molecule has 2 rings (SSSR count). The third-order valence-electron chi connectivity index (χ3n) is 2.56. The lowest BCUT2D eigenvalue weighted by Gasteiger charge is -2.03. The Morgan fingerprint density at radius 3 is 1.89 bits per heavy atom. The topological polar surface area (TPSA) is 17.1 Å². The van der Waals surface area contributed by atoms with Gasteiger partial charge < -0.3 is 0 Å². The van der Waals surface area contributed by atoms with Gasteiger partial charge in [0.2, 0.25) is 0 Å². The number of hydrogen-bond acceptors (Lipinski definition) is 1. The predicted molar refractivity (Wildman–Crippen MR) is 60.9 cm³/mol. The van der Waals surface area contributed by atoms with E-state index in [9.17, 15) is 18.0 Å². The zero-order valence-electron chi connectivity index (χ0n) is 9.51. The molecule has 0 aliphatic carbocycles. The first-order valence-electron chi connectivity index (χ1n) is 5.25. The van der Waals surface area contributed by atoms with Gasteiger partial charge >= 0.3 is 0 Å². The monoisotopic (exact) mass is 250 g/mol. The number of aryl methyl sites for hydroxylation is 1. The summed E-state index contributed by atoms with van der Waals surface area (Å²) >= 11 is 0. The summed E-state index contributed by atoms with van der Waals surface area (Å²) in [6, 6.07) is 7.92. The fourth-order valence-corrected chi connectivity index (χ4v) is 1.56. The third-order valence-corrected chi connectivity index (χ3v) is 2.56. The molecule has 0 unspecified atom stereocenters. The Bertz CT molecular complexity index is 580. The van der Waals surface area contributed by atoms with Gasteiger partial charge in [0.15, 0.2) is 23.2 Å². The first kappa shape index (κ1) is 12.4. The van der Waals surface area contributed by atoms with E-state index >= 15 is 0 Å². The highest BCUT2D eigenvalue weighted by Crippen LogP contribution is 2.17. The normalized spacial score (nSPS) is 10.4. The summed E-state index contributed by atoms with van der Waals surface area (Å²) in [7, 11) is 0. The van der Waals surface area contributed by atoms with Crippen molar-refractivity contribution in [1.82, 2.24) is 0 Å². The average Bonchev–Trinajstić information content (AvgIpc) is 2.35. The minimum atomic E-state index is -1.57. The van der Waals surface area contributed by atoms with Gasteiger partial charge in [0.05, 0.1) is 0 Å². The standard InChI is InChI=1S/C14H9F3O/c1-8-2-4-9(5-3-8)14(18)10-6-11(15)13(17)12(16)7-10/h2-7H,1H3. The summed E-state index contributed by atoms with van der Waals surface area (Å²) in [5.41, 5.74) is 1.05. The van der Waals surface area contributed by atoms with Crippen LogP contribution in [0, 0.1) is 24.4 Å². The lowest BCUT2D eigenvalue weighted by atomic mass is 10.0. The van der Waals surface area contributed by atoms with Crippen LogP contribution in [0.15, 0.2) is 36.4 Å². The van der Waals surface area contributed by atoms with Crippen molar-refractivity contribution in [2.24, 2.45) is 0 Å². The van der Waals surface area contributed by atoms with Gasteiger partial charge in [-0.2, -0.15) is 0 Å². The number of ketones is 1. The van der Waals surface area contributed by atoms with Gasteiger partial charge in [-0.25, -0.2) is 13.2 Å². The lowest BCUT2D eigenvalue weighted by molar-refractivity contribution is 0.103. The van der Waals surface area contributed by atoms with Gasteiger partial charge in [-0.3, -0.25) is 4.79 Å². The Labute approximate surface area is 102 Å². The van der Waals surface area contributed by atoms with E-state index in [1.54, 1.807) is 24.3 Å². The summed E-state index contributed by atoms with van der Waals surface area (Å²) in [6.07, 6.45) is 0. The van der Waals surface area contributed by atoms with E-state index in [0.717, 1.165) is 5.56 Å². The molecule has 0 bridgehead atoms. The van der Waals surface area contributed by atoms with Crippen molar-refractivity contribution in [3.8, 4) is 0 Å². The first-order chi connectivity index (χ1) is 8.49. The molecule has 4 heteroatoms. The van der Waals surface area contributed by atoms with Gasteiger partial charge in [0, 0.05) is 11.1 Å². The number of halogens is 3. The van der Waals surface area contributed by atoms with Crippen LogP contribution in [0.1, 0.15) is 21.5 Å². The van der Waals surface area contributed by atoms with Crippen molar-refractivity contribution in [3.05, 3.63) is 70.5 Å². The number of benzene rings is 2. The third kappa shape index (κ3) is 2.27. The Morgan fingerprint density at radius 2 is 1.39 bits per heavy atom. The van der Waals surface area contributed by atoms with Gasteiger partial charge in [0.1, 0.15) is 0 Å². The molecule has 18 heavy (non-hydrogen) atoms. The molecule has 0 saturated carbocycles. The molecule has 0 saturated heterocycles. The van der Waals surface area contributed by atoms with Crippen molar-refractivity contribution in [3.63, 3.8) is 0 Å². The highest BCUT2D eigenvalue weighted by molar-refractivity contribution is 6.09. The Morgan fingerprint density at radius 1 is 0.889 bits per heavy atom. The quantitative estimate of drug-likeness (QED) is 0.587. The van der Waals surface area contributed by atoms with E-state index in [0.29, 0.717) is 17.7 Å². The number of carbonyl (C=O) groups excluding carboxylic acids is 1. The summed E-state index contributed by atoms with van der Waals surface area (Å²) in [6.45, 7) is 1.85. The molecule has 0 heterocycles. The van der Waals surface area contributed by atoms with Crippen molar-refractivity contribution in [2.45, 2.75) is 6.92 Å². The zero-order valence-corrected chi connectivity index (χ0v) is 9.51. The molecule has 0 amide bonds. The largest absolute Gasteiger partial charge is 0.289 e. The highest BCUT2D eigenvalue weighted by atomic mass is 19.2. The van der Waals surface area contributed by atoms with Gasteiger partial charge in [-0.1, -0.05) is 29.8 Å². The molecule has 0 spiro atoms. The van der Waals surface area contributed by atoms with E-state index in [-0.39, 0.29) is 5.56 Å². The Kier molecular flexibility index (Phi) is 3.19. The molecule has 0 N–H and O–H groups in total. The Hall–Kier alpha value is -2.10. The molecule has 2 aromatic rings. The minimum absolute atomic E-state index is 0.213. The average molecular weight is 250 g/mol. The second-order valence-corrected chi connectivity index (χ2v) is 3.95.